The molecular weight excluding hydrogens is 356 g/mol. The van der Waals surface area contributed by atoms with E-state index < -0.39 is 29.3 Å². The number of carbonyl (C=O) groups is 1. The molecule has 1 aromatic carbocycles. The molecule has 0 atom stereocenters. The van der Waals surface area contributed by atoms with E-state index in [4.69, 9.17) is 4.74 Å². The number of methoxy groups -OCH3 is 1. The average Bonchev–Trinajstić information content (AvgIpc) is 2.48. The Balaban J connectivity index is 3.46. The summed E-state index contributed by atoms with van der Waals surface area (Å²) < 4.78 is 83.1. The lowest BCUT2D eigenvalue weighted by atomic mass is 9.89. The van der Waals surface area contributed by atoms with Crippen molar-refractivity contribution in [2.75, 3.05) is 21.2 Å². The predicted molar refractivity (Wildman–Crippen MR) is 76.0 cm³/mol. The number of ether oxygens (including phenoxy) is 1. The van der Waals surface area contributed by atoms with Gasteiger partial charge in [0.15, 0.2) is 0 Å². The zero-order valence-corrected chi connectivity index (χ0v) is 13.6. The van der Waals surface area contributed by atoms with Crippen molar-refractivity contribution in [2.45, 2.75) is 30.8 Å². The van der Waals surface area contributed by atoms with Crippen molar-refractivity contribution < 1.29 is 41.0 Å². The second-order valence-corrected chi connectivity index (χ2v) is 5.49. The summed E-state index contributed by atoms with van der Waals surface area (Å²) in [4.78, 5) is 12.8. The number of rotatable bonds is 5. The number of hydrogen-bond donors (Lipinski definition) is 1. The number of hydrogen-bond acceptors (Lipinski definition) is 3. The SMILES string of the molecule is COc1c(CCC(=O)N(C)C)cccc1C(O)(C(F)(F)F)C(F)(F)F. The van der Waals surface area contributed by atoms with Crippen LogP contribution in [0.15, 0.2) is 18.2 Å². The summed E-state index contributed by atoms with van der Waals surface area (Å²) in [5, 5.41) is 9.55. The highest BCUT2D eigenvalue weighted by molar-refractivity contribution is 5.76. The van der Waals surface area contributed by atoms with Gasteiger partial charge >= 0.3 is 12.4 Å². The molecule has 0 aromatic heterocycles. The summed E-state index contributed by atoms with van der Waals surface area (Å²) in [5.41, 5.74) is -6.61. The molecule has 0 saturated heterocycles. The third-order valence-corrected chi connectivity index (χ3v) is 3.62. The maximum absolute atomic E-state index is 13.1. The number of aryl methyl sites for hydroxylation is 1. The monoisotopic (exact) mass is 373 g/mol. The van der Waals surface area contributed by atoms with E-state index >= 15 is 0 Å². The van der Waals surface area contributed by atoms with Gasteiger partial charge in [-0.15, -0.1) is 0 Å². The minimum Gasteiger partial charge on any atom is -0.496 e. The highest BCUT2D eigenvalue weighted by atomic mass is 19.4. The second-order valence-electron chi connectivity index (χ2n) is 5.49. The smallest absolute Gasteiger partial charge is 0.430 e. The molecule has 0 saturated carbocycles. The van der Waals surface area contributed by atoms with Crippen LogP contribution in [-0.4, -0.2) is 49.5 Å². The molecule has 0 aliphatic carbocycles. The Morgan fingerprint density at radius 2 is 1.64 bits per heavy atom. The Kier molecular flexibility index (Phi) is 5.99. The molecule has 0 bridgehead atoms. The van der Waals surface area contributed by atoms with E-state index in [-0.39, 0.29) is 24.3 Å². The van der Waals surface area contributed by atoms with E-state index in [1.54, 1.807) is 0 Å². The average molecular weight is 373 g/mol. The first-order chi connectivity index (χ1) is 11.3. The third kappa shape index (κ3) is 4.00. The van der Waals surface area contributed by atoms with Gasteiger partial charge < -0.3 is 14.7 Å². The maximum atomic E-state index is 13.1. The quantitative estimate of drug-likeness (QED) is 0.808. The Hall–Kier alpha value is -1.97. The fourth-order valence-electron chi connectivity index (χ4n) is 2.24. The Morgan fingerprint density at radius 3 is 2.04 bits per heavy atom. The molecule has 1 amide bonds. The van der Waals surface area contributed by atoms with Gasteiger partial charge in [-0.25, -0.2) is 0 Å². The molecule has 10 heteroatoms. The molecule has 0 heterocycles. The topological polar surface area (TPSA) is 49.8 Å². The van der Waals surface area contributed by atoms with Gasteiger partial charge in [0.2, 0.25) is 5.91 Å². The van der Waals surface area contributed by atoms with E-state index in [1.165, 1.54) is 25.1 Å². The van der Waals surface area contributed by atoms with Gasteiger partial charge in [-0.1, -0.05) is 18.2 Å². The van der Waals surface area contributed by atoms with Crippen molar-refractivity contribution in [2.24, 2.45) is 0 Å². The fourth-order valence-corrected chi connectivity index (χ4v) is 2.24. The first kappa shape index (κ1) is 21.1. The molecule has 25 heavy (non-hydrogen) atoms. The van der Waals surface area contributed by atoms with Gasteiger partial charge in [-0.05, 0) is 12.0 Å². The van der Waals surface area contributed by atoms with Crippen LogP contribution in [-0.2, 0) is 16.8 Å². The van der Waals surface area contributed by atoms with E-state index in [0.717, 1.165) is 13.2 Å². The van der Waals surface area contributed by atoms with Gasteiger partial charge in [-0.2, -0.15) is 26.3 Å². The van der Waals surface area contributed by atoms with Gasteiger partial charge in [-0.3, -0.25) is 4.79 Å². The predicted octanol–water partition coefficient (Wildman–Crippen LogP) is 3.03. The molecule has 142 valence electrons. The molecule has 0 spiro atoms. The van der Waals surface area contributed by atoms with Crippen molar-refractivity contribution in [1.29, 1.82) is 0 Å². The number of carbonyl (C=O) groups excluding carboxylic acids is 1. The zero-order chi connectivity index (χ0) is 19.6. The van der Waals surface area contributed by atoms with Crippen LogP contribution < -0.4 is 4.74 Å². The van der Waals surface area contributed by atoms with Crippen molar-refractivity contribution in [3.05, 3.63) is 29.3 Å². The number of amides is 1. The van der Waals surface area contributed by atoms with Crippen molar-refractivity contribution in [3.63, 3.8) is 0 Å². The van der Waals surface area contributed by atoms with Crippen LogP contribution in [0.25, 0.3) is 0 Å². The lowest BCUT2D eigenvalue weighted by Crippen LogP contribution is -2.54. The summed E-state index contributed by atoms with van der Waals surface area (Å²) in [7, 11) is 3.81. The largest absolute Gasteiger partial charge is 0.496 e. The second kappa shape index (κ2) is 7.11. The lowest BCUT2D eigenvalue weighted by molar-refractivity contribution is -0.376. The summed E-state index contributed by atoms with van der Waals surface area (Å²) in [6.45, 7) is 0. The Bertz CT molecular complexity index is 611. The van der Waals surface area contributed by atoms with Crippen molar-refractivity contribution >= 4 is 5.91 Å². The first-order valence-corrected chi connectivity index (χ1v) is 6.99. The van der Waals surface area contributed by atoms with Crippen LogP contribution in [0.1, 0.15) is 17.5 Å². The minimum atomic E-state index is -6.02. The number of nitrogens with zero attached hydrogens (tertiary/aromatic N) is 1. The summed E-state index contributed by atoms with van der Waals surface area (Å²) in [6, 6.07) is 2.67. The molecule has 0 fully saturated rings. The van der Waals surface area contributed by atoms with E-state index in [0.29, 0.717) is 6.07 Å². The number of aliphatic hydroxyl groups is 1. The highest BCUT2D eigenvalue weighted by Gasteiger charge is 2.72. The molecule has 1 N–H and O–H groups in total. The molecule has 4 nitrogen and oxygen atoms in total. The molecule has 0 unspecified atom stereocenters. The van der Waals surface area contributed by atoms with E-state index in [9.17, 15) is 36.2 Å². The Labute approximate surface area is 140 Å². The molecular formula is C15H17F6NO3. The van der Waals surface area contributed by atoms with Crippen LogP contribution in [0.5, 0.6) is 5.75 Å². The van der Waals surface area contributed by atoms with Gasteiger partial charge in [0.05, 0.1) is 7.11 Å². The molecule has 0 aliphatic heterocycles. The highest BCUT2D eigenvalue weighted by Crippen LogP contribution is 2.52. The van der Waals surface area contributed by atoms with Crippen LogP contribution in [0.4, 0.5) is 26.3 Å². The van der Waals surface area contributed by atoms with Gasteiger partial charge in [0.25, 0.3) is 5.60 Å². The van der Waals surface area contributed by atoms with E-state index in [1.807, 2.05) is 0 Å². The molecule has 0 aliphatic rings. The summed E-state index contributed by atoms with van der Waals surface area (Å²) in [5.74, 6) is -1.12. The molecule has 1 aromatic rings. The van der Waals surface area contributed by atoms with Gasteiger partial charge in [0, 0.05) is 26.1 Å². The summed E-state index contributed by atoms with van der Waals surface area (Å²) >= 11 is 0. The lowest BCUT2D eigenvalue weighted by Gasteiger charge is -2.34. The number of para-hydroxylation sites is 1. The van der Waals surface area contributed by atoms with Crippen LogP contribution >= 0.6 is 0 Å². The Morgan fingerprint density at radius 1 is 1.12 bits per heavy atom. The summed E-state index contributed by atoms with van der Waals surface area (Å²) in [6.07, 6.45) is -12.3. The van der Waals surface area contributed by atoms with E-state index in [2.05, 4.69) is 0 Å². The number of halogens is 6. The van der Waals surface area contributed by atoms with Crippen molar-refractivity contribution in [3.8, 4) is 5.75 Å². The van der Waals surface area contributed by atoms with Crippen molar-refractivity contribution in [1.82, 2.24) is 4.90 Å². The van der Waals surface area contributed by atoms with Gasteiger partial charge in [0.1, 0.15) is 5.75 Å². The number of benzene rings is 1. The molecule has 0 radical (unpaired) electrons. The molecule has 1 rings (SSSR count). The fraction of sp³-hybridized carbons (Fsp3) is 0.533. The first-order valence-electron chi connectivity index (χ1n) is 6.99. The normalized spacial score (nSPS) is 12.9. The van der Waals surface area contributed by atoms with Crippen LogP contribution in [0, 0.1) is 0 Å². The third-order valence-electron chi connectivity index (χ3n) is 3.62. The zero-order valence-electron chi connectivity index (χ0n) is 13.6. The van der Waals surface area contributed by atoms with Crippen LogP contribution in [0.3, 0.4) is 0 Å². The maximum Gasteiger partial charge on any atom is 0.430 e. The minimum absolute atomic E-state index is 0.0536. The van der Waals surface area contributed by atoms with Crippen LogP contribution in [0.2, 0.25) is 0 Å². The standard InChI is InChI=1S/C15H17F6NO3/c1-22(2)11(23)8-7-9-5-4-6-10(12(9)25-3)13(24,14(16,17)18)15(19,20)21/h4-6,24H,7-8H2,1-3H3. The number of alkyl halides is 6.